The highest BCUT2D eigenvalue weighted by Crippen LogP contribution is 2.39. The second kappa shape index (κ2) is 9.49. The number of hydrogen-bond donors (Lipinski definition) is 1. The van der Waals surface area contributed by atoms with Crippen LogP contribution < -0.4 is 5.32 Å². The Bertz CT molecular complexity index is 1300. The zero-order chi connectivity index (χ0) is 22.9. The van der Waals surface area contributed by atoms with Crippen molar-refractivity contribution in [2.45, 2.75) is 76.3 Å². The highest BCUT2D eigenvalue weighted by molar-refractivity contribution is 7.16. The lowest BCUT2D eigenvalue weighted by molar-refractivity contribution is -0.127. The normalized spacial score (nSPS) is 18.9. The minimum absolute atomic E-state index is 0.182. The predicted molar refractivity (Wildman–Crippen MR) is 139 cm³/mol. The molecule has 1 atom stereocenters. The molecule has 4 aromatic rings. The number of amides is 1. The van der Waals surface area contributed by atoms with Gasteiger partial charge in [-0.2, -0.15) is 0 Å². The van der Waals surface area contributed by atoms with E-state index in [1.807, 2.05) is 11.6 Å². The first kappa shape index (κ1) is 21.8. The van der Waals surface area contributed by atoms with E-state index in [4.69, 9.17) is 4.98 Å². The SMILES string of the molecule is O=C(NC1CCCCC1)C(C1CCCCC1)n1c(-c2ccc3ncsc3c2)nc2ccccc21. The summed E-state index contributed by atoms with van der Waals surface area (Å²) < 4.78 is 3.42. The number of aromatic nitrogens is 3. The van der Waals surface area contributed by atoms with Gasteiger partial charge in [-0.25, -0.2) is 9.97 Å². The van der Waals surface area contributed by atoms with Crippen molar-refractivity contribution >= 4 is 38.5 Å². The molecule has 6 heteroatoms. The van der Waals surface area contributed by atoms with Crippen LogP contribution in [0.25, 0.3) is 32.6 Å². The Morgan fingerprint density at radius 1 is 0.941 bits per heavy atom. The second-order valence-corrected chi connectivity index (χ2v) is 10.9. The molecule has 2 aromatic heterocycles. The standard InChI is InChI=1S/C28H32N4OS/c33-28(30-21-11-5-2-6-12-21)26(19-9-3-1-4-10-19)32-24-14-8-7-13-22(24)31-27(32)20-15-16-23-25(17-20)34-18-29-23/h7-8,13-19,21,26H,1-6,9-12H2,(H,30,33). The molecule has 5 nitrogen and oxygen atoms in total. The Kier molecular flexibility index (Phi) is 6.08. The minimum atomic E-state index is -0.234. The van der Waals surface area contributed by atoms with Crippen molar-refractivity contribution in [2.75, 3.05) is 0 Å². The van der Waals surface area contributed by atoms with Gasteiger partial charge in [0.25, 0.3) is 0 Å². The van der Waals surface area contributed by atoms with Crippen molar-refractivity contribution in [1.82, 2.24) is 19.9 Å². The maximum Gasteiger partial charge on any atom is 0.243 e. The fourth-order valence-electron chi connectivity index (χ4n) is 6.05. The molecular weight excluding hydrogens is 440 g/mol. The molecule has 0 spiro atoms. The Morgan fingerprint density at radius 2 is 1.71 bits per heavy atom. The first-order chi connectivity index (χ1) is 16.8. The number of hydrogen-bond acceptors (Lipinski definition) is 4. The average molecular weight is 473 g/mol. The predicted octanol–water partition coefficient (Wildman–Crippen LogP) is 6.88. The molecule has 2 heterocycles. The van der Waals surface area contributed by atoms with Gasteiger partial charge in [0, 0.05) is 11.6 Å². The molecule has 1 unspecified atom stereocenters. The Balaban J connectivity index is 1.48. The van der Waals surface area contributed by atoms with Crippen LogP contribution in [0.4, 0.5) is 0 Å². The number of rotatable bonds is 5. The summed E-state index contributed by atoms with van der Waals surface area (Å²) in [5.74, 6) is 1.41. The molecular formula is C28H32N4OS. The van der Waals surface area contributed by atoms with Crippen LogP contribution in [0, 0.1) is 5.92 Å². The summed E-state index contributed by atoms with van der Waals surface area (Å²) in [6, 6.07) is 14.7. The lowest BCUT2D eigenvalue weighted by Gasteiger charge is -2.33. The van der Waals surface area contributed by atoms with Crippen LogP contribution in [0.3, 0.4) is 0 Å². The molecule has 2 aromatic carbocycles. The topological polar surface area (TPSA) is 59.8 Å². The van der Waals surface area contributed by atoms with E-state index < -0.39 is 0 Å². The molecule has 0 saturated heterocycles. The third kappa shape index (κ3) is 4.13. The molecule has 0 aliphatic heterocycles. The quantitative estimate of drug-likeness (QED) is 0.344. The van der Waals surface area contributed by atoms with Gasteiger partial charge in [-0.3, -0.25) is 4.79 Å². The molecule has 0 radical (unpaired) electrons. The number of thiazole rings is 1. The van der Waals surface area contributed by atoms with Crippen molar-refractivity contribution in [3.05, 3.63) is 48.0 Å². The largest absolute Gasteiger partial charge is 0.352 e. The first-order valence-electron chi connectivity index (χ1n) is 12.9. The number of carbonyl (C=O) groups is 1. The summed E-state index contributed by atoms with van der Waals surface area (Å²) in [6.07, 6.45) is 11.8. The zero-order valence-corrected chi connectivity index (χ0v) is 20.4. The maximum absolute atomic E-state index is 14.0. The highest BCUT2D eigenvalue weighted by atomic mass is 32.1. The lowest BCUT2D eigenvalue weighted by Crippen LogP contribution is -2.43. The Morgan fingerprint density at radius 3 is 2.53 bits per heavy atom. The van der Waals surface area contributed by atoms with Crippen LogP contribution in [-0.2, 0) is 4.79 Å². The van der Waals surface area contributed by atoms with Crippen LogP contribution in [0.1, 0.15) is 70.3 Å². The van der Waals surface area contributed by atoms with E-state index in [1.54, 1.807) is 11.3 Å². The van der Waals surface area contributed by atoms with Crippen LogP contribution in [0.2, 0.25) is 0 Å². The summed E-state index contributed by atoms with van der Waals surface area (Å²) >= 11 is 1.65. The van der Waals surface area contributed by atoms with Crippen molar-refractivity contribution in [3.63, 3.8) is 0 Å². The number of benzene rings is 2. The molecule has 1 N–H and O–H groups in total. The van der Waals surface area contributed by atoms with E-state index in [0.29, 0.717) is 12.0 Å². The molecule has 2 aliphatic rings. The first-order valence-corrected chi connectivity index (χ1v) is 13.8. The van der Waals surface area contributed by atoms with Gasteiger partial charge in [0.1, 0.15) is 11.9 Å². The van der Waals surface area contributed by atoms with Gasteiger partial charge in [0.05, 0.1) is 26.8 Å². The third-order valence-electron chi connectivity index (χ3n) is 7.78. The average Bonchev–Trinajstić information content (AvgIpc) is 3.50. The number of fused-ring (bicyclic) bond motifs is 2. The number of imidazole rings is 1. The summed E-state index contributed by atoms with van der Waals surface area (Å²) in [6.45, 7) is 0. The third-order valence-corrected chi connectivity index (χ3v) is 8.57. The molecule has 2 saturated carbocycles. The molecule has 0 bridgehead atoms. The number of para-hydroxylation sites is 2. The van der Waals surface area contributed by atoms with Gasteiger partial charge in [0.15, 0.2) is 0 Å². The fraction of sp³-hybridized carbons (Fsp3) is 0.464. The summed E-state index contributed by atoms with van der Waals surface area (Å²) in [5.41, 5.74) is 5.96. The van der Waals surface area contributed by atoms with Gasteiger partial charge in [-0.1, -0.05) is 50.7 Å². The van der Waals surface area contributed by atoms with Crippen molar-refractivity contribution in [1.29, 1.82) is 0 Å². The van der Waals surface area contributed by atoms with Gasteiger partial charge >= 0.3 is 0 Å². The lowest BCUT2D eigenvalue weighted by atomic mass is 9.82. The van der Waals surface area contributed by atoms with Crippen LogP contribution in [-0.4, -0.2) is 26.5 Å². The van der Waals surface area contributed by atoms with Crippen LogP contribution in [0.5, 0.6) is 0 Å². The van der Waals surface area contributed by atoms with E-state index in [1.165, 1.54) is 38.5 Å². The molecule has 2 aliphatic carbocycles. The van der Waals surface area contributed by atoms with E-state index >= 15 is 0 Å². The van der Waals surface area contributed by atoms with Crippen LogP contribution >= 0.6 is 11.3 Å². The molecule has 34 heavy (non-hydrogen) atoms. The van der Waals surface area contributed by atoms with Gasteiger partial charge in [0.2, 0.25) is 5.91 Å². The van der Waals surface area contributed by atoms with Crippen molar-refractivity contribution in [2.24, 2.45) is 5.92 Å². The summed E-state index contributed by atoms with van der Waals surface area (Å²) in [4.78, 5) is 23.6. The molecule has 1 amide bonds. The maximum atomic E-state index is 14.0. The highest BCUT2D eigenvalue weighted by Gasteiger charge is 2.35. The van der Waals surface area contributed by atoms with E-state index in [9.17, 15) is 4.79 Å². The van der Waals surface area contributed by atoms with E-state index in [0.717, 1.165) is 58.3 Å². The monoisotopic (exact) mass is 472 g/mol. The second-order valence-electron chi connectivity index (χ2n) is 10.0. The zero-order valence-electron chi connectivity index (χ0n) is 19.6. The number of nitrogens with zero attached hydrogens (tertiary/aromatic N) is 3. The molecule has 2 fully saturated rings. The van der Waals surface area contributed by atoms with Crippen molar-refractivity contribution in [3.8, 4) is 11.4 Å². The summed E-state index contributed by atoms with van der Waals surface area (Å²) in [7, 11) is 0. The van der Waals surface area contributed by atoms with Crippen LogP contribution in [0.15, 0.2) is 48.0 Å². The Labute approximate surface area is 204 Å². The molecule has 6 rings (SSSR count). The fourth-order valence-corrected chi connectivity index (χ4v) is 6.77. The number of carbonyl (C=O) groups excluding carboxylic acids is 1. The van der Waals surface area contributed by atoms with Gasteiger partial charge < -0.3 is 9.88 Å². The molecule has 176 valence electrons. The number of nitrogens with one attached hydrogen (secondary N) is 1. The van der Waals surface area contributed by atoms with E-state index in [2.05, 4.69) is 51.3 Å². The minimum Gasteiger partial charge on any atom is -0.352 e. The van der Waals surface area contributed by atoms with Gasteiger partial charge in [-0.05, 0) is 61.9 Å². The van der Waals surface area contributed by atoms with E-state index in [-0.39, 0.29) is 11.9 Å². The smallest absolute Gasteiger partial charge is 0.243 e. The van der Waals surface area contributed by atoms with Gasteiger partial charge in [-0.15, -0.1) is 11.3 Å². The summed E-state index contributed by atoms with van der Waals surface area (Å²) in [5, 5.41) is 3.48. The Hall–Kier alpha value is -2.73. The van der Waals surface area contributed by atoms with Crippen molar-refractivity contribution < 1.29 is 4.79 Å².